The fraction of sp³-hybridized carbons (Fsp3) is 0.947. The first-order valence-electron chi connectivity index (χ1n) is 10.2. The van der Waals surface area contributed by atoms with E-state index in [1.165, 1.54) is 32.6 Å². The molecule has 0 saturated heterocycles. The van der Waals surface area contributed by atoms with Crippen molar-refractivity contribution < 1.29 is 22.5 Å². The first kappa shape index (κ1) is 25.3. The molecule has 0 bridgehead atoms. The second kappa shape index (κ2) is 14.4. The third-order valence-electron chi connectivity index (χ3n) is 4.63. The number of nitrogens with one attached hydrogen (secondary N) is 1. The highest BCUT2D eigenvalue weighted by atomic mass is 32.2. The van der Waals surface area contributed by atoms with E-state index in [9.17, 15) is 17.8 Å². The second-order valence-corrected chi connectivity index (χ2v) is 8.87. The molecule has 6 nitrogen and oxygen atoms in total. The lowest BCUT2D eigenvalue weighted by Crippen LogP contribution is -2.56. The maximum atomic E-state index is 12.2. The van der Waals surface area contributed by atoms with Crippen LogP contribution in [0.5, 0.6) is 0 Å². The van der Waals surface area contributed by atoms with Crippen molar-refractivity contribution in [1.29, 1.82) is 0 Å². The predicted octanol–water partition coefficient (Wildman–Crippen LogP) is 4.44. The molecule has 0 aromatic rings. The minimum atomic E-state index is -4.61. The molecular formula is C19H39NO5S. The van der Waals surface area contributed by atoms with Crippen LogP contribution in [0.15, 0.2) is 0 Å². The summed E-state index contributed by atoms with van der Waals surface area (Å²) in [4.78, 5) is 10.1. The van der Waals surface area contributed by atoms with E-state index in [2.05, 4.69) is 19.2 Å². The lowest BCUT2D eigenvalue weighted by atomic mass is 10.1. The lowest BCUT2D eigenvalue weighted by molar-refractivity contribution is -0.147. The molecule has 0 spiro atoms. The number of ether oxygens (including phenoxy) is 1. The van der Waals surface area contributed by atoms with Gasteiger partial charge in [0, 0.05) is 0 Å². The van der Waals surface area contributed by atoms with E-state index in [0.29, 0.717) is 13.0 Å². The molecule has 0 saturated carbocycles. The Morgan fingerprint density at radius 3 is 1.85 bits per heavy atom. The molecule has 26 heavy (non-hydrogen) atoms. The minimum Gasteiger partial charge on any atom is -0.463 e. The fourth-order valence-electron chi connectivity index (χ4n) is 2.69. The van der Waals surface area contributed by atoms with Gasteiger partial charge < -0.3 is 4.74 Å². The summed E-state index contributed by atoms with van der Waals surface area (Å²) in [6.07, 6.45) is 12.6. The van der Waals surface area contributed by atoms with Gasteiger partial charge in [-0.1, -0.05) is 78.1 Å². The van der Waals surface area contributed by atoms with E-state index < -0.39 is 21.0 Å². The minimum absolute atomic E-state index is 0.175. The number of esters is 1. The molecule has 0 fully saturated rings. The quantitative estimate of drug-likeness (QED) is 0.215. The van der Waals surface area contributed by atoms with Gasteiger partial charge in [-0.05, 0) is 26.3 Å². The van der Waals surface area contributed by atoms with Crippen molar-refractivity contribution >= 4 is 16.1 Å². The second-order valence-electron chi connectivity index (χ2n) is 7.11. The third-order valence-corrected chi connectivity index (χ3v) is 5.97. The molecule has 1 unspecified atom stereocenters. The Bertz CT molecular complexity index is 467. The molecule has 156 valence electrons. The number of carbonyl (C=O) groups excluding carboxylic acids is 1. The van der Waals surface area contributed by atoms with E-state index in [0.717, 1.165) is 44.9 Å². The van der Waals surface area contributed by atoms with Gasteiger partial charge in [0.05, 0.1) is 6.61 Å². The van der Waals surface area contributed by atoms with Crippen molar-refractivity contribution in [2.24, 2.45) is 0 Å². The van der Waals surface area contributed by atoms with Crippen molar-refractivity contribution in [3.05, 3.63) is 0 Å². The number of rotatable bonds is 17. The summed E-state index contributed by atoms with van der Waals surface area (Å²) >= 11 is 0. The number of hydrogen-bond donors (Lipinski definition) is 2. The first-order valence-corrected chi connectivity index (χ1v) is 11.6. The van der Waals surface area contributed by atoms with Gasteiger partial charge in [0.25, 0.3) is 10.1 Å². The monoisotopic (exact) mass is 393 g/mol. The Labute approximate surface area is 160 Å². The standard InChI is InChI=1S/C19H39NO5S/c1-4-6-8-10-12-14-16-20-19(3,26(22,23)24)18(21)25-17-15-13-11-9-7-5-2/h20H,4-17H2,1-3H3,(H,22,23,24). The average Bonchev–Trinajstić information content (AvgIpc) is 2.58. The summed E-state index contributed by atoms with van der Waals surface area (Å²) in [5.41, 5.74) is 0. The summed E-state index contributed by atoms with van der Waals surface area (Å²) in [6.45, 7) is 5.98. The molecule has 0 aromatic carbocycles. The molecule has 0 aliphatic carbocycles. The van der Waals surface area contributed by atoms with Crippen molar-refractivity contribution in [3.63, 3.8) is 0 Å². The van der Waals surface area contributed by atoms with E-state index in [4.69, 9.17) is 4.74 Å². The highest BCUT2D eigenvalue weighted by Gasteiger charge is 2.46. The number of unbranched alkanes of at least 4 members (excludes halogenated alkanes) is 10. The van der Waals surface area contributed by atoms with Crippen LogP contribution >= 0.6 is 0 Å². The van der Waals surface area contributed by atoms with Crippen molar-refractivity contribution in [3.8, 4) is 0 Å². The zero-order chi connectivity index (χ0) is 19.9. The van der Waals surface area contributed by atoms with Gasteiger partial charge in [0.2, 0.25) is 4.87 Å². The number of hydrogen-bond acceptors (Lipinski definition) is 5. The van der Waals surface area contributed by atoms with Crippen LogP contribution in [0.4, 0.5) is 0 Å². The molecule has 0 amide bonds. The third kappa shape index (κ3) is 10.5. The van der Waals surface area contributed by atoms with Gasteiger partial charge in [-0.2, -0.15) is 8.42 Å². The molecule has 1 atom stereocenters. The molecule has 2 N–H and O–H groups in total. The van der Waals surface area contributed by atoms with Crippen molar-refractivity contribution in [2.45, 2.75) is 103 Å². The molecule has 0 heterocycles. The van der Waals surface area contributed by atoms with E-state index in [-0.39, 0.29) is 6.61 Å². The summed E-state index contributed by atoms with van der Waals surface area (Å²) in [7, 11) is -4.61. The Hall–Kier alpha value is -0.660. The molecule has 0 radical (unpaired) electrons. The largest absolute Gasteiger partial charge is 0.463 e. The van der Waals surface area contributed by atoms with Gasteiger partial charge in [-0.3, -0.25) is 9.87 Å². The van der Waals surface area contributed by atoms with Crippen LogP contribution in [0.3, 0.4) is 0 Å². The molecule has 0 aromatic heterocycles. The summed E-state index contributed by atoms with van der Waals surface area (Å²) in [5, 5.41) is 2.68. The van der Waals surface area contributed by atoms with Gasteiger partial charge in [0.1, 0.15) is 0 Å². The highest BCUT2D eigenvalue weighted by Crippen LogP contribution is 2.16. The maximum Gasteiger partial charge on any atom is 0.344 e. The van der Waals surface area contributed by atoms with Crippen molar-refractivity contribution in [2.75, 3.05) is 13.2 Å². The molecule has 0 aliphatic heterocycles. The van der Waals surface area contributed by atoms with Crippen LogP contribution in [0.2, 0.25) is 0 Å². The topological polar surface area (TPSA) is 92.7 Å². The SMILES string of the molecule is CCCCCCCCNC(C)(C(=O)OCCCCCCCC)S(=O)(=O)O. The van der Waals surface area contributed by atoms with E-state index >= 15 is 0 Å². The Kier molecular flexibility index (Phi) is 14.0. The molecule has 0 aliphatic rings. The number of carbonyl (C=O) groups is 1. The fourth-order valence-corrected chi connectivity index (χ4v) is 3.24. The van der Waals surface area contributed by atoms with Crippen molar-refractivity contribution in [1.82, 2.24) is 5.32 Å². The van der Waals surface area contributed by atoms with Crippen LogP contribution in [0.1, 0.15) is 97.8 Å². The average molecular weight is 394 g/mol. The summed E-state index contributed by atoms with van der Waals surface area (Å²) in [5.74, 6) is -0.931. The smallest absolute Gasteiger partial charge is 0.344 e. The van der Waals surface area contributed by atoms with Crippen LogP contribution in [-0.2, 0) is 19.6 Å². The first-order chi connectivity index (χ1) is 12.3. The van der Waals surface area contributed by atoms with Crippen LogP contribution in [0, 0.1) is 0 Å². The highest BCUT2D eigenvalue weighted by molar-refractivity contribution is 7.88. The Morgan fingerprint density at radius 2 is 1.35 bits per heavy atom. The predicted molar refractivity (Wildman–Crippen MR) is 106 cm³/mol. The summed E-state index contributed by atoms with van der Waals surface area (Å²) in [6, 6.07) is 0. The van der Waals surface area contributed by atoms with E-state index in [1.54, 1.807) is 0 Å². The van der Waals surface area contributed by atoms with E-state index in [1.807, 2.05) is 0 Å². The molecular weight excluding hydrogens is 354 g/mol. The maximum absolute atomic E-state index is 12.2. The normalized spacial score (nSPS) is 14.2. The Balaban J connectivity index is 4.25. The van der Waals surface area contributed by atoms with Crippen LogP contribution in [-0.4, -0.2) is 37.0 Å². The van der Waals surface area contributed by atoms with Gasteiger partial charge in [-0.15, -0.1) is 0 Å². The lowest BCUT2D eigenvalue weighted by Gasteiger charge is -2.25. The van der Waals surface area contributed by atoms with Crippen LogP contribution < -0.4 is 5.32 Å². The summed E-state index contributed by atoms with van der Waals surface area (Å²) < 4.78 is 38.0. The Morgan fingerprint density at radius 1 is 0.885 bits per heavy atom. The molecule has 0 rings (SSSR count). The van der Waals surface area contributed by atoms with Gasteiger partial charge in [0.15, 0.2) is 0 Å². The molecule has 7 heteroatoms. The zero-order valence-electron chi connectivity index (χ0n) is 16.9. The van der Waals surface area contributed by atoms with Crippen LogP contribution in [0.25, 0.3) is 0 Å². The van der Waals surface area contributed by atoms with Gasteiger partial charge >= 0.3 is 5.97 Å². The zero-order valence-corrected chi connectivity index (χ0v) is 17.7. The van der Waals surface area contributed by atoms with Gasteiger partial charge in [-0.25, -0.2) is 4.79 Å².